The minimum Gasteiger partial charge on any atom is -0.507 e. The number of aromatic hydroxyl groups is 1. The SMILES string of the molecule is COC(=O)c1cccc(O)c1C#N.COC(=O)c1cccc(OCC(=O)Nc2ccc(Cl)cn2)c1C#N.O=C(CCl)Nc1ccc(Cl)cn1. The van der Waals surface area contributed by atoms with Gasteiger partial charge >= 0.3 is 11.9 Å². The Hall–Kier alpha value is -5.93. The first-order valence-corrected chi connectivity index (χ1v) is 14.7. The number of carbonyl (C=O) groups excluding carboxylic acids is 4. The fourth-order valence-corrected chi connectivity index (χ4v) is 3.67. The molecule has 0 atom stereocenters. The van der Waals surface area contributed by atoms with Crippen LogP contribution in [-0.2, 0) is 19.1 Å². The molecule has 0 saturated carbocycles. The predicted octanol–water partition coefficient (Wildman–Crippen LogP) is 5.37. The highest BCUT2D eigenvalue weighted by atomic mass is 35.5. The third-order valence-corrected chi connectivity index (χ3v) is 6.26. The van der Waals surface area contributed by atoms with Crippen LogP contribution in [-0.4, -0.2) is 65.5 Å². The Morgan fingerprint density at radius 1 is 0.755 bits per heavy atom. The van der Waals surface area contributed by atoms with E-state index in [2.05, 4.69) is 30.1 Å². The Morgan fingerprint density at radius 2 is 1.24 bits per heavy atom. The lowest BCUT2D eigenvalue weighted by Crippen LogP contribution is -2.21. The van der Waals surface area contributed by atoms with Gasteiger partial charge in [0, 0.05) is 12.4 Å². The maximum absolute atomic E-state index is 11.9. The van der Waals surface area contributed by atoms with Crippen LogP contribution in [0.5, 0.6) is 11.5 Å². The fourth-order valence-electron chi connectivity index (χ4n) is 3.38. The van der Waals surface area contributed by atoms with E-state index in [-0.39, 0.29) is 52.1 Å². The molecule has 2 heterocycles. The number of phenolic OH excluding ortho intramolecular Hbond substituents is 1. The normalized spacial score (nSPS) is 9.45. The average molecular weight is 728 g/mol. The predicted molar refractivity (Wildman–Crippen MR) is 179 cm³/mol. The molecule has 14 nitrogen and oxygen atoms in total. The molecule has 4 rings (SSSR count). The number of benzene rings is 2. The molecule has 4 aromatic rings. The second kappa shape index (κ2) is 20.3. The minimum atomic E-state index is -0.660. The number of halogens is 3. The number of rotatable bonds is 8. The lowest BCUT2D eigenvalue weighted by atomic mass is 10.1. The van der Waals surface area contributed by atoms with Crippen molar-refractivity contribution in [3.05, 3.63) is 105 Å². The van der Waals surface area contributed by atoms with Gasteiger partial charge in [0.15, 0.2) is 6.61 Å². The molecule has 0 spiro atoms. The topological polar surface area (TPSA) is 214 Å². The number of phenols is 1. The molecule has 0 radical (unpaired) electrons. The van der Waals surface area contributed by atoms with Crippen molar-refractivity contribution in [3.8, 4) is 23.6 Å². The summed E-state index contributed by atoms with van der Waals surface area (Å²) in [6, 6.07) is 18.7. The molecule has 0 saturated heterocycles. The van der Waals surface area contributed by atoms with Crippen molar-refractivity contribution < 1.29 is 38.5 Å². The van der Waals surface area contributed by atoms with Crippen LogP contribution in [0.15, 0.2) is 73.1 Å². The maximum atomic E-state index is 11.9. The number of amides is 2. The van der Waals surface area contributed by atoms with E-state index in [1.165, 1.54) is 63.0 Å². The second-order valence-corrected chi connectivity index (χ2v) is 9.97. The van der Waals surface area contributed by atoms with Gasteiger partial charge in [0.1, 0.15) is 52.3 Å². The highest BCUT2D eigenvalue weighted by Gasteiger charge is 2.17. The minimum absolute atomic E-state index is 0.00164. The molecule has 2 aromatic carbocycles. The van der Waals surface area contributed by atoms with Crippen LogP contribution in [0.25, 0.3) is 0 Å². The van der Waals surface area contributed by atoms with Gasteiger partial charge in [-0.05, 0) is 48.5 Å². The van der Waals surface area contributed by atoms with Gasteiger partial charge in [-0.3, -0.25) is 9.59 Å². The standard InChI is InChI=1S/C16H12ClN3O4.C9H7NO3.C7H6Cl2N2O/c1-23-16(22)11-3-2-4-13(12(11)7-18)24-9-15(21)20-14-6-5-10(17)8-19-14;1-13-9(12)6-3-2-4-8(11)7(6)5-10;8-3-7(12)11-6-2-1-5(9)4-10-6/h2-6,8H,9H2,1H3,(H,19,20,21);2-4,11H,1H3;1-2,4H,3H2,(H,10,11,12). The molecule has 49 heavy (non-hydrogen) atoms. The Kier molecular flexibility index (Phi) is 16.3. The number of hydrogen-bond donors (Lipinski definition) is 3. The van der Waals surface area contributed by atoms with Crippen LogP contribution in [0.1, 0.15) is 31.8 Å². The third-order valence-electron chi connectivity index (χ3n) is 5.57. The summed E-state index contributed by atoms with van der Waals surface area (Å²) in [7, 11) is 2.43. The molecular formula is C32H25Cl3N6O8. The molecule has 2 amide bonds. The molecule has 0 bridgehead atoms. The number of carbonyl (C=O) groups is 4. The van der Waals surface area contributed by atoms with E-state index >= 15 is 0 Å². The number of nitriles is 2. The van der Waals surface area contributed by atoms with Gasteiger partial charge in [0.05, 0.1) is 35.4 Å². The summed E-state index contributed by atoms with van der Waals surface area (Å²) < 4.78 is 14.4. The van der Waals surface area contributed by atoms with Crippen molar-refractivity contribution in [1.82, 2.24) is 9.97 Å². The number of nitrogens with zero attached hydrogens (tertiary/aromatic N) is 4. The number of hydrogen-bond acceptors (Lipinski definition) is 12. The van der Waals surface area contributed by atoms with Crippen LogP contribution in [0.3, 0.4) is 0 Å². The number of pyridine rings is 2. The number of anilines is 2. The number of nitrogens with one attached hydrogen (secondary N) is 2. The quantitative estimate of drug-likeness (QED) is 0.154. The molecule has 17 heteroatoms. The van der Waals surface area contributed by atoms with Crippen molar-refractivity contribution in [2.24, 2.45) is 0 Å². The van der Waals surface area contributed by atoms with E-state index in [0.717, 1.165) is 0 Å². The Bertz CT molecular complexity index is 1860. The van der Waals surface area contributed by atoms with Crippen LogP contribution in [0.4, 0.5) is 11.6 Å². The highest BCUT2D eigenvalue weighted by molar-refractivity contribution is 6.31. The molecule has 2 aromatic heterocycles. The Balaban J connectivity index is 0.000000281. The second-order valence-electron chi connectivity index (χ2n) is 8.83. The molecule has 0 fully saturated rings. The maximum Gasteiger partial charge on any atom is 0.339 e. The average Bonchev–Trinajstić information content (AvgIpc) is 3.12. The largest absolute Gasteiger partial charge is 0.507 e. The highest BCUT2D eigenvalue weighted by Crippen LogP contribution is 2.23. The summed E-state index contributed by atoms with van der Waals surface area (Å²) in [4.78, 5) is 53.1. The van der Waals surface area contributed by atoms with Gasteiger partial charge in [-0.2, -0.15) is 10.5 Å². The summed E-state index contributed by atoms with van der Waals surface area (Å²) in [6.07, 6.45) is 2.84. The van der Waals surface area contributed by atoms with Gasteiger partial charge in [0.25, 0.3) is 5.91 Å². The number of alkyl halides is 1. The van der Waals surface area contributed by atoms with Gasteiger partial charge in [-0.15, -0.1) is 11.6 Å². The summed E-state index contributed by atoms with van der Waals surface area (Å²) in [5, 5.41) is 33.0. The number of esters is 2. The molecule has 3 N–H and O–H groups in total. The van der Waals surface area contributed by atoms with Crippen molar-refractivity contribution >= 4 is 70.2 Å². The lowest BCUT2D eigenvalue weighted by Gasteiger charge is -2.10. The van der Waals surface area contributed by atoms with E-state index in [1.807, 2.05) is 6.07 Å². The first kappa shape index (κ1) is 39.2. The first-order valence-electron chi connectivity index (χ1n) is 13.4. The van der Waals surface area contributed by atoms with Gasteiger partial charge in [0.2, 0.25) is 5.91 Å². The Morgan fingerprint density at radius 3 is 1.69 bits per heavy atom. The smallest absolute Gasteiger partial charge is 0.339 e. The first-order chi connectivity index (χ1) is 23.5. The molecule has 0 aliphatic heterocycles. The monoisotopic (exact) mass is 726 g/mol. The Labute approximate surface area is 294 Å². The summed E-state index contributed by atoms with van der Waals surface area (Å²) in [6.45, 7) is -0.358. The van der Waals surface area contributed by atoms with E-state index < -0.39 is 17.8 Å². The van der Waals surface area contributed by atoms with Crippen LogP contribution in [0.2, 0.25) is 10.0 Å². The summed E-state index contributed by atoms with van der Waals surface area (Å²) >= 11 is 16.6. The van der Waals surface area contributed by atoms with Crippen molar-refractivity contribution in [2.75, 3.05) is 37.3 Å². The summed E-state index contributed by atoms with van der Waals surface area (Å²) in [5.74, 6) is -1.47. The number of methoxy groups -OCH3 is 2. The van der Waals surface area contributed by atoms with Gasteiger partial charge in [-0.1, -0.05) is 35.3 Å². The zero-order valence-corrected chi connectivity index (χ0v) is 27.8. The zero-order valence-electron chi connectivity index (χ0n) is 25.6. The molecule has 252 valence electrons. The fraction of sp³-hybridized carbons (Fsp3) is 0.125. The third kappa shape index (κ3) is 12.7. The van der Waals surface area contributed by atoms with Crippen molar-refractivity contribution in [3.63, 3.8) is 0 Å². The van der Waals surface area contributed by atoms with E-state index in [1.54, 1.807) is 30.3 Å². The molecule has 0 aliphatic carbocycles. The zero-order chi connectivity index (χ0) is 36.3. The lowest BCUT2D eigenvalue weighted by molar-refractivity contribution is -0.118. The van der Waals surface area contributed by atoms with E-state index in [0.29, 0.717) is 21.7 Å². The molecule has 0 unspecified atom stereocenters. The molecule has 0 aliphatic rings. The number of ether oxygens (including phenoxy) is 3. The van der Waals surface area contributed by atoms with Gasteiger partial charge < -0.3 is 30.0 Å². The summed E-state index contributed by atoms with van der Waals surface area (Å²) in [5.41, 5.74) is 0.0818. The van der Waals surface area contributed by atoms with Crippen LogP contribution < -0.4 is 15.4 Å². The molecular weight excluding hydrogens is 703 g/mol. The van der Waals surface area contributed by atoms with Crippen LogP contribution >= 0.6 is 34.8 Å². The van der Waals surface area contributed by atoms with Gasteiger partial charge in [-0.25, -0.2) is 19.6 Å². The van der Waals surface area contributed by atoms with E-state index in [4.69, 9.17) is 44.8 Å². The number of aromatic nitrogens is 2. The van der Waals surface area contributed by atoms with Crippen molar-refractivity contribution in [1.29, 1.82) is 10.5 Å². The van der Waals surface area contributed by atoms with Crippen LogP contribution in [0, 0.1) is 22.7 Å². The van der Waals surface area contributed by atoms with Crippen molar-refractivity contribution in [2.45, 2.75) is 0 Å². The van der Waals surface area contributed by atoms with E-state index in [9.17, 15) is 29.5 Å².